The highest BCUT2D eigenvalue weighted by Gasteiger charge is 2.44. The lowest BCUT2D eigenvalue weighted by molar-refractivity contribution is -0.193. The molecule has 0 spiro atoms. The van der Waals surface area contributed by atoms with E-state index in [1.165, 1.54) is 25.9 Å². The van der Waals surface area contributed by atoms with Crippen molar-refractivity contribution < 1.29 is 55.6 Å². The molecule has 3 fully saturated rings. The molecule has 1 aromatic rings. The molecule has 0 radical (unpaired) electrons. The topological polar surface area (TPSA) is 133 Å². The molecule has 3 heterocycles. The summed E-state index contributed by atoms with van der Waals surface area (Å²) in [6.45, 7) is 5.13. The second-order valence-electron chi connectivity index (χ2n) is 8.70. The molecule has 1 saturated carbocycles. The smallest absolute Gasteiger partial charge is 0.478 e. The summed E-state index contributed by atoms with van der Waals surface area (Å²) in [6, 6.07) is 5.57. The van der Waals surface area contributed by atoms with Crippen LogP contribution in [0.3, 0.4) is 0 Å². The number of fused-ring (bicyclic) bond motifs is 1. The predicted octanol–water partition coefficient (Wildman–Crippen LogP) is 3.35. The van der Waals surface area contributed by atoms with Crippen molar-refractivity contribution in [3.8, 4) is 11.9 Å². The highest BCUT2D eigenvalue weighted by molar-refractivity contribution is 5.73. The van der Waals surface area contributed by atoms with E-state index in [1.54, 1.807) is 18.3 Å². The number of halogens is 6. The molecule has 37 heavy (non-hydrogen) atoms. The number of carboxylic acids is 2. The van der Waals surface area contributed by atoms with Crippen molar-refractivity contribution >= 4 is 11.9 Å². The van der Waals surface area contributed by atoms with Crippen LogP contribution in [0.5, 0.6) is 5.88 Å². The van der Waals surface area contributed by atoms with E-state index >= 15 is 0 Å². The zero-order valence-corrected chi connectivity index (χ0v) is 19.3. The van der Waals surface area contributed by atoms with E-state index in [1.807, 2.05) is 0 Å². The highest BCUT2D eigenvalue weighted by atomic mass is 19.4. The Kier molecular flexibility index (Phi) is 10.5. The average Bonchev–Trinajstić information content (AvgIpc) is 3.41. The fraction of sp³-hybridized carbons (Fsp3) is 0.636. The van der Waals surface area contributed by atoms with Crippen molar-refractivity contribution in [1.29, 1.82) is 5.26 Å². The van der Waals surface area contributed by atoms with E-state index < -0.39 is 24.3 Å². The van der Waals surface area contributed by atoms with Crippen LogP contribution < -0.4 is 4.74 Å². The van der Waals surface area contributed by atoms with Gasteiger partial charge < -0.3 is 24.6 Å². The molecule has 2 saturated heterocycles. The SMILES string of the molecule is N#Cc1ccc(OCC[C@H]2CO[C@H]3CN(CC4CC4)C[C@@H]23)nc1.O=C(O)C(F)(F)F.O=C(O)C(F)(F)F. The first-order chi connectivity index (χ1) is 17.2. The third kappa shape index (κ3) is 10.4. The number of carbonyl (C=O) groups is 2. The van der Waals surface area contributed by atoms with Gasteiger partial charge in [-0.1, -0.05) is 0 Å². The minimum absolute atomic E-state index is 0.437. The number of nitriles is 1. The summed E-state index contributed by atoms with van der Waals surface area (Å²) in [5.41, 5.74) is 0.561. The van der Waals surface area contributed by atoms with Gasteiger partial charge in [0.25, 0.3) is 0 Å². The number of aromatic nitrogens is 1. The molecule has 0 bridgehead atoms. The molecule has 1 aromatic heterocycles. The molecule has 2 aliphatic heterocycles. The highest BCUT2D eigenvalue weighted by Crippen LogP contribution is 2.38. The predicted molar refractivity (Wildman–Crippen MR) is 112 cm³/mol. The minimum Gasteiger partial charge on any atom is -0.478 e. The number of rotatable bonds is 6. The Morgan fingerprint density at radius 3 is 2.16 bits per heavy atom. The molecule has 4 rings (SSSR count). The second kappa shape index (κ2) is 12.9. The molecule has 0 amide bonds. The van der Waals surface area contributed by atoms with E-state index in [-0.39, 0.29) is 0 Å². The summed E-state index contributed by atoms with van der Waals surface area (Å²) in [5.74, 6) is -2.69. The molecule has 2 N–H and O–H groups in total. The van der Waals surface area contributed by atoms with Gasteiger partial charge in [0, 0.05) is 37.8 Å². The first-order valence-corrected chi connectivity index (χ1v) is 11.1. The molecule has 9 nitrogen and oxygen atoms in total. The van der Waals surface area contributed by atoms with Crippen LogP contribution in [0.1, 0.15) is 24.8 Å². The van der Waals surface area contributed by atoms with Gasteiger partial charge in [-0.25, -0.2) is 14.6 Å². The summed E-state index contributed by atoms with van der Waals surface area (Å²) in [5, 5.41) is 23.0. The summed E-state index contributed by atoms with van der Waals surface area (Å²) in [7, 11) is 0. The largest absolute Gasteiger partial charge is 0.490 e. The Balaban J connectivity index is 0.000000286. The number of ether oxygens (including phenoxy) is 2. The summed E-state index contributed by atoms with van der Waals surface area (Å²) >= 11 is 0. The molecule has 15 heteroatoms. The van der Waals surface area contributed by atoms with E-state index in [0.717, 1.165) is 25.5 Å². The van der Waals surface area contributed by atoms with Crippen molar-refractivity contribution in [3.05, 3.63) is 23.9 Å². The van der Waals surface area contributed by atoms with Crippen LogP contribution in [0.4, 0.5) is 26.3 Å². The number of hydrogen-bond acceptors (Lipinski definition) is 7. The summed E-state index contributed by atoms with van der Waals surface area (Å²) < 4.78 is 75.2. The van der Waals surface area contributed by atoms with Gasteiger partial charge >= 0.3 is 24.3 Å². The Labute approximate surface area is 207 Å². The van der Waals surface area contributed by atoms with Crippen LogP contribution in [-0.4, -0.2) is 83.3 Å². The number of aliphatic carboxylic acids is 2. The first kappa shape index (κ1) is 30.1. The quantitative estimate of drug-likeness (QED) is 0.520. The second-order valence-corrected chi connectivity index (χ2v) is 8.70. The van der Waals surface area contributed by atoms with Crippen LogP contribution in [0.15, 0.2) is 18.3 Å². The molecule has 0 aromatic carbocycles. The molecule has 206 valence electrons. The van der Waals surface area contributed by atoms with Gasteiger partial charge in [-0.2, -0.15) is 31.6 Å². The average molecular weight is 541 g/mol. The zero-order chi connectivity index (χ0) is 27.8. The van der Waals surface area contributed by atoms with E-state index in [9.17, 15) is 26.3 Å². The maximum absolute atomic E-state index is 10.6. The number of likely N-dealkylation sites (tertiary alicyclic amines) is 1. The maximum Gasteiger partial charge on any atom is 0.490 e. The third-order valence-corrected chi connectivity index (χ3v) is 5.82. The van der Waals surface area contributed by atoms with Crippen molar-refractivity contribution in [3.63, 3.8) is 0 Å². The van der Waals surface area contributed by atoms with Gasteiger partial charge in [-0.3, -0.25) is 0 Å². The lowest BCUT2D eigenvalue weighted by atomic mass is 9.91. The molecular formula is C22H25F6N3O6. The van der Waals surface area contributed by atoms with Crippen LogP contribution in [0.25, 0.3) is 0 Å². The zero-order valence-electron chi connectivity index (χ0n) is 19.3. The number of nitrogens with zero attached hydrogens (tertiary/aromatic N) is 3. The van der Waals surface area contributed by atoms with Crippen molar-refractivity contribution in [2.24, 2.45) is 17.8 Å². The van der Waals surface area contributed by atoms with E-state index in [0.29, 0.717) is 36.0 Å². The molecule has 1 aliphatic carbocycles. The van der Waals surface area contributed by atoms with Crippen molar-refractivity contribution in [2.45, 2.75) is 37.7 Å². The summed E-state index contributed by atoms with van der Waals surface area (Å²) in [6.07, 6.45) is -4.33. The molecule has 3 aliphatic rings. The Hall–Kier alpha value is -3.12. The van der Waals surface area contributed by atoms with Gasteiger partial charge in [0.15, 0.2) is 0 Å². The van der Waals surface area contributed by atoms with E-state index in [4.69, 9.17) is 34.5 Å². The number of alkyl halides is 6. The molecule has 3 atom stereocenters. The lowest BCUT2D eigenvalue weighted by Gasteiger charge is -2.19. The van der Waals surface area contributed by atoms with Gasteiger partial charge in [-0.05, 0) is 37.2 Å². The van der Waals surface area contributed by atoms with E-state index in [2.05, 4.69) is 16.0 Å². The van der Waals surface area contributed by atoms with Gasteiger partial charge in [-0.15, -0.1) is 0 Å². The fourth-order valence-corrected chi connectivity index (χ4v) is 3.84. The monoisotopic (exact) mass is 541 g/mol. The molecule has 0 unspecified atom stereocenters. The summed E-state index contributed by atoms with van der Waals surface area (Å²) in [4.78, 5) is 24.5. The standard InChI is InChI=1S/C18H23N3O2.2C2HF3O2/c19-7-14-3-4-18(20-8-14)22-6-5-15-12-23-17-11-21(10-16(15)17)9-13-1-2-13;2*3-2(4,5)1(6)7/h3-4,8,13,15-17H,1-2,5-6,9-12H2;2*(H,6,7)/t15-,16-,17-;;/m0../s1. The Bertz CT molecular complexity index is 922. The van der Waals surface area contributed by atoms with Crippen LogP contribution in [0.2, 0.25) is 0 Å². The molecular weight excluding hydrogens is 516 g/mol. The van der Waals surface area contributed by atoms with Crippen LogP contribution >= 0.6 is 0 Å². The van der Waals surface area contributed by atoms with Crippen LogP contribution in [-0.2, 0) is 14.3 Å². The third-order valence-electron chi connectivity index (χ3n) is 5.82. The fourth-order valence-electron chi connectivity index (χ4n) is 3.84. The van der Waals surface area contributed by atoms with Crippen molar-refractivity contribution in [2.75, 3.05) is 32.8 Å². The van der Waals surface area contributed by atoms with Gasteiger partial charge in [0.1, 0.15) is 6.07 Å². The van der Waals surface area contributed by atoms with Gasteiger partial charge in [0.05, 0.1) is 24.9 Å². The number of pyridine rings is 1. The lowest BCUT2D eigenvalue weighted by Crippen LogP contribution is -2.27. The first-order valence-electron chi connectivity index (χ1n) is 11.1. The Morgan fingerprint density at radius 1 is 1.11 bits per heavy atom. The minimum atomic E-state index is -5.08. The number of hydrogen-bond donors (Lipinski definition) is 2. The van der Waals surface area contributed by atoms with Crippen molar-refractivity contribution in [1.82, 2.24) is 9.88 Å². The number of carboxylic acid groups (broad SMARTS) is 2. The maximum atomic E-state index is 10.6. The Morgan fingerprint density at radius 2 is 1.70 bits per heavy atom. The van der Waals surface area contributed by atoms with Gasteiger partial charge in [0.2, 0.25) is 5.88 Å². The normalized spacial score (nSPS) is 23.0. The van der Waals surface area contributed by atoms with Crippen LogP contribution in [0, 0.1) is 29.1 Å².